The van der Waals surface area contributed by atoms with E-state index < -0.39 is 0 Å². The Morgan fingerprint density at radius 2 is 2.22 bits per heavy atom. The number of aryl methyl sites for hydroxylation is 1. The zero-order chi connectivity index (χ0) is 12.5. The van der Waals surface area contributed by atoms with Gasteiger partial charge in [-0.25, -0.2) is 0 Å². The lowest BCUT2D eigenvalue weighted by Crippen LogP contribution is -2.34. The summed E-state index contributed by atoms with van der Waals surface area (Å²) in [6.45, 7) is 4.14. The van der Waals surface area contributed by atoms with Crippen molar-refractivity contribution in [1.82, 2.24) is 9.88 Å². The van der Waals surface area contributed by atoms with Gasteiger partial charge in [0.05, 0.1) is 0 Å². The molecule has 1 saturated carbocycles. The molecule has 1 aromatic heterocycles. The Kier molecular flexibility index (Phi) is 3.00. The summed E-state index contributed by atoms with van der Waals surface area (Å²) in [5, 5.41) is 4.93. The van der Waals surface area contributed by atoms with Gasteiger partial charge in [0.15, 0.2) is 0 Å². The fourth-order valence-corrected chi connectivity index (χ4v) is 2.66. The van der Waals surface area contributed by atoms with Gasteiger partial charge >= 0.3 is 0 Å². The zero-order valence-corrected chi connectivity index (χ0v) is 10.9. The molecule has 18 heavy (non-hydrogen) atoms. The molecule has 0 unspecified atom stereocenters. The van der Waals surface area contributed by atoms with Crippen molar-refractivity contribution < 1.29 is 0 Å². The highest BCUT2D eigenvalue weighted by molar-refractivity contribution is 5.86. The number of hydrogen-bond donors (Lipinski definition) is 2. The molecule has 0 bridgehead atoms. The van der Waals surface area contributed by atoms with E-state index in [0.717, 1.165) is 24.8 Å². The van der Waals surface area contributed by atoms with E-state index in [-0.39, 0.29) is 0 Å². The molecular formula is C15H21N3. The van der Waals surface area contributed by atoms with Crippen LogP contribution in [0.3, 0.4) is 0 Å². The van der Waals surface area contributed by atoms with Crippen molar-refractivity contribution in [2.24, 2.45) is 0 Å². The minimum Gasteiger partial charge on any atom is -0.399 e. The maximum Gasteiger partial charge on any atom is 0.0485 e. The largest absolute Gasteiger partial charge is 0.399 e. The number of fused-ring (bicyclic) bond motifs is 1. The third-order valence-electron chi connectivity index (χ3n) is 4.01. The monoisotopic (exact) mass is 243 g/mol. The van der Waals surface area contributed by atoms with Crippen LogP contribution in [0.4, 0.5) is 5.69 Å². The third-order valence-corrected chi connectivity index (χ3v) is 4.01. The standard InChI is InChI=1S/C15H21N3/c1-2-18-10-11(9-17-13-4-3-5-13)14-8-12(16)6-7-15(14)18/h6-8,10,13,17H,2-5,9,16H2,1H3. The van der Waals surface area contributed by atoms with Crippen LogP contribution in [-0.4, -0.2) is 10.6 Å². The summed E-state index contributed by atoms with van der Waals surface area (Å²) >= 11 is 0. The van der Waals surface area contributed by atoms with Gasteiger partial charge in [-0.15, -0.1) is 0 Å². The van der Waals surface area contributed by atoms with Crippen molar-refractivity contribution in [2.45, 2.75) is 45.3 Å². The summed E-state index contributed by atoms with van der Waals surface area (Å²) in [5.41, 5.74) is 9.41. The van der Waals surface area contributed by atoms with Crippen LogP contribution >= 0.6 is 0 Å². The van der Waals surface area contributed by atoms with Gasteiger partial charge in [-0.05, 0) is 43.5 Å². The van der Waals surface area contributed by atoms with Crippen LogP contribution in [-0.2, 0) is 13.1 Å². The number of nitrogen functional groups attached to an aromatic ring is 1. The number of nitrogens with zero attached hydrogens (tertiary/aromatic N) is 1. The SMILES string of the molecule is CCn1cc(CNC2CCC2)c2cc(N)ccc21. The molecule has 1 heterocycles. The second-order valence-electron chi connectivity index (χ2n) is 5.23. The Bertz CT molecular complexity index is 552. The normalized spacial score (nSPS) is 16.1. The van der Waals surface area contributed by atoms with Gasteiger partial charge in [0.1, 0.15) is 0 Å². The second kappa shape index (κ2) is 4.65. The Morgan fingerprint density at radius 3 is 2.89 bits per heavy atom. The molecule has 0 spiro atoms. The molecule has 0 atom stereocenters. The van der Waals surface area contributed by atoms with Gasteiger partial charge in [-0.2, -0.15) is 0 Å². The Labute approximate surface area is 108 Å². The number of nitrogens with one attached hydrogen (secondary N) is 1. The highest BCUT2D eigenvalue weighted by Crippen LogP contribution is 2.25. The second-order valence-corrected chi connectivity index (χ2v) is 5.23. The van der Waals surface area contributed by atoms with E-state index in [9.17, 15) is 0 Å². The fourth-order valence-electron chi connectivity index (χ4n) is 2.66. The van der Waals surface area contributed by atoms with Crippen LogP contribution in [0.1, 0.15) is 31.7 Å². The number of aromatic nitrogens is 1. The summed E-state index contributed by atoms with van der Waals surface area (Å²) in [4.78, 5) is 0. The molecule has 0 aliphatic heterocycles. The fraction of sp³-hybridized carbons (Fsp3) is 0.467. The van der Waals surface area contributed by atoms with Gasteiger partial charge in [0, 0.05) is 41.9 Å². The highest BCUT2D eigenvalue weighted by Gasteiger charge is 2.17. The van der Waals surface area contributed by atoms with Crippen molar-refractivity contribution in [3.8, 4) is 0 Å². The molecule has 1 aliphatic rings. The molecule has 1 aromatic carbocycles. The molecule has 1 fully saturated rings. The predicted octanol–water partition coefficient (Wildman–Crippen LogP) is 2.89. The quantitative estimate of drug-likeness (QED) is 0.811. The zero-order valence-electron chi connectivity index (χ0n) is 10.9. The van der Waals surface area contributed by atoms with E-state index in [4.69, 9.17) is 5.73 Å². The molecular weight excluding hydrogens is 222 g/mol. The summed E-state index contributed by atoms with van der Waals surface area (Å²) in [6, 6.07) is 6.93. The maximum absolute atomic E-state index is 5.91. The van der Waals surface area contributed by atoms with E-state index in [1.807, 2.05) is 6.07 Å². The van der Waals surface area contributed by atoms with E-state index in [2.05, 4.69) is 35.1 Å². The molecule has 0 saturated heterocycles. The van der Waals surface area contributed by atoms with Gasteiger partial charge in [0.2, 0.25) is 0 Å². The minimum atomic E-state index is 0.728. The molecule has 96 valence electrons. The molecule has 2 aromatic rings. The van der Waals surface area contributed by atoms with Crippen molar-refractivity contribution in [1.29, 1.82) is 0 Å². The molecule has 3 nitrogen and oxygen atoms in total. The number of benzene rings is 1. The lowest BCUT2D eigenvalue weighted by Gasteiger charge is -2.26. The van der Waals surface area contributed by atoms with Crippen LogP contribution in [0, 0.1) is 0 Å². The lowest BCUT2D eigenvalue weighted by molar-refractivity contribution is 0.338. The van der Waals surface area contributed by atoms with E-state index in [1.165, 1.54) is 35.7 Å². The number of anilines is 1. The first kappa shape index (κ1) is 11.6. The average molecular weight is 243 g/mol. The maximum atomic E-state index is 5.91. The number of rotatable bonds is 4. The molecule has 0 amide bonds. The van der Waals surface area contributed by atoms with E-state index in [1.54, 1.807) is 0 Å². The predicted molar refractivity (Wildman–Crippen MR) is 76.5 cm³/mol. The Balaban J connectivity index is 1.91. The lowest BCUT2D eigenvalue weighted by atomic mass is 9.93. The first-order valence-corrected chi connectivity index (χ1v) is 6.88. The van der Waals surface area contributed by atoms with Gasteiger partial charge < -0.3 is 15.6 Å². The molecule has 3 heteroatoms. The third kappa shape index (κ3) is 1.99. The van der Waals surface area contributed by atoms with Crippen LogP contribution in [0.15, 0.2) is 24.4 Å². The van der Waals surface area contributed by atoms with Crippen LogP contribution in [0.2, 0.25) is 0 Å². The van der Waals surface area contributed by atoms with Crippen molar-refractivity contribution in [2.75, 3.05) is 5.73 Å². The smallest absolute Gasteiger partial charge is 0.0485 e. The molecule has 3 N–H and O–H groups in total. The Morgan fingerprint density at radius 1 is 1.39 bits per heavy atom. The van der Waals surface area contributed by atoms with Crippen LogP contribution in [0.25, 0.3) is 10.9 Å². The number of hydrogen-bond acceptors (Lipinski definition) is 2. The topological polar surface area (TPSA) is 43.0 Å². The van der Waals surface area contributed by atoms with Crippen LogP contribution < -0.4 is 11.1 Å². The summed E-state index contributed by atoms with van der Waals surface area (Å²) < 4.78 is 2.30. The number of nitrogens with two attached hydrogens (primary N) is 1. The Hall–Kier alpha value is -1.48. The summed E-state index contributed by atoms with van der Waals surface area (Å²) in [5.74, 6) is 0. The minimum absolute atomic E-state index is 0.728. The van der Waals surface area contributed by atoms with Gasteiger partial charge in [0.25, 0.3) is 0 Å². The van der Waals surface area contributed by atoms with Crippen molar-refractivity contribution >= 4 is 16.6 Å². The first-order chi connectivity index (χ1) is 8.78. The molecule has 0 radical (unpaired) electrons. The first-order valence-electron chi connectivity index (χ1n) is 6.88. The van der Waals surface area contributed by atoms with Crippen molar-refractivity contribution in [3.63, 3.8) is 0 Å². The molecule has 1 aliphatic carbocycles. The average Bonchev–Trinajstić information content (AvgIpc) is 2.65. The highest BCUT2D eigenvalue weighted by atomic mass is 15.0. The molecule has 3 rings (SSSR count). The van der Waals surface area contributed by atoms with E-state index in [0.29, 0.717) is 0 Å². The van der Waals surface area contributed by atoms with E-state index >= 15 is 0 Å². The van der Waals surface area contributed by atoms with Gasteiger partial charge in [-0.1, -0.05) is 6.42 Å². The van der Waals surface area contributed by atoms with Gasteiger partial charge in [-0.3, -0.25) is 0 Å². The van der Waals surface area contributed by atoms with Crippen molar-refractivity contribution in [3.05, 3.63) is 30.0 Å². The van der Waals surface area contributed by atoms with Crippen LogP contribution in [0.5, 0.6) is 0 Å². The summed E-state index contributed by atoms with van der Waals surface area (Å²) in [7, 11) is 0. The summed E-state index contributed by atoms with van der Waals surface area (Å²) in [6.07, 6.45) is 6.29.